The van der Waals surface area contributed by atoms with E-state index < -0.39 is 27.2 Å². The highest BCUT2D eigenvalue weighted by atomic mass is 32.2. The third-order valence-electron chi connectivity index (χ3n) is 6.37. The number of sulfone groups is 1. The largest absolute Gasteiger partial charge is 0.480 e. The SMILES string of the molecule is CCCCCCC(Nc1cccc(C(NCc2ccc(-c3nccs3)cc2)S(=O)(=O)c2ccccn2)n1)C(=O)O. The fraction of sp³-hybridized carbons (Fsp3) is 0.310. The van der Waals surface area contributed by atoms with Crippen molar-refractivity contribution in [1.29, 1.82) is 0 Å². The van der Waals surface area contributed by atoms with Gasteiger partial charge in [-0.1, -0.05) is 69.0 Å². The van der Waals surface area contributed by atoms with Crippen LogP contribution in [-0.4, -0.2) is 40.5 Å². The van der Waals surface area contributed by atoms with Gasteiger partial charge in [0.25, 0.3) is 0 Å². The zero-order chi connectivity index (χ0) is 28.4. The molecule has 3 aromatic heterocycles. The summed E-state index contributed by atoms with van der Waals surface area (Å²) in [5.41, 5.74) is 2.11. The van der Waals surface area contributed by atoms with Gasteiger partial charge in [-0.25, -0.2) is 28.2 Å². The van der Waals surface area contributed by atoms with Gasteiger partial charge in [-0.2, -0.15) is 0 Å². The summed E-state index contributed by atoms with van der Waals surface area (Å²) in [5, 5.41) is 17.4. The number of nitrogens with zero attached hydrogens (tertiary/aromatic N) is 3. The van der Waals surface area contributed by atoms with E-state index in [-0.39, 0.29) is 17.3 Å². The van der Waals surface area contributed by atoms with E-state index in [0.29, 0.717) is 12.2 Å². The number of rotatable bonds is 15. The summed E-state index contributed by atoms with van der Waals surface area (Å²) < 4.78 is 27.4. The molecule has 0 aliphatic rings. The van der Waals surface area contributed by atoms with Crippen LogP contribution in [0.5, 0.6) is 0 Å². The van der Waals surface area contributed by atoms with Crippen LogP contribution in [0.3, 0.4) is 0 Å². The molecule has 0 bridgehead atoms. The summed E-state index contributed by atoms with van der Waals surface area (Å²) in [5.74, 6) is -0.670. The average Bonchev–Trinajstić information content (AvgIpc) is 3.51. The maximum Gasteiger partial charge on any atom is 0.326 e. The first-order valence-electron chi connectivity index (χ1n) is 13.2. The van der Waals surface area contributed by atoms with Gasteiger partial charge in [-0.05, 0) is 36.2 Å². The minimum atomic E-state index is -3.99. The lowest BCUT2D eigenvalue weighted by atomic mass is 10.1. The Hall–Kier alpha value is -3.67. The van der Waals surface area contributed by atoms with Crippen LogP contribution in [-0.2, 0) is 21.2 Å². The van der Waals surface area contributed by atoms with Crippen LogP contribution in [0.25, 0.3) is 10.6 Å². The second-order valence-corrected chi connectivity index (χ2v) is 12.2. The molecule has 3 heterocycles. The van der Waals surface area contributed by atoms with Crippen molar-refractivity contribution in [2.75, 3.05) is 5.32 Å². The minimum absolute atomic E-state index is 0.0777. The van der Waals surface area contributed by atoms with Crippen molar-refractivity contribution >= 4 is 33.0 Å². The molecule has 0 aliphatic heterocycles. The fourth-order valence-electron chi connectivity index (χ4n) is 4.24. The lowest BCUT2D eigenvalue weighted by molar-refractivity contribution is -0.138. The summed E-state index contributed by atoms with van der Waals surface area (Å²) in [4.78, 5) is 24.8. The van der Waals surface area contributed by atoms with Crippen molar-refractivity contribution < 1.29 is 18.3 Å². The van der Waals surface area contributed by atoms with Gasteiger partial charge in [0.15, 0.2) is 10.4 Å². The molecule has 0 radical (unpaired) electrons. The average molecular weight is 580 g/mol. The Morgan fingerprint density at radius 1 is 0.975 bits per heavy atom. The number of thiazole rings is 1. The first-order valence-corrected chi connectivity index (χ1v) is 15.6. The van der Waals surface area contributed by atoms with Crippen LogP contribution in [0.2, 0.25) is 0 Å². The van der Waals surface area contributed by atoms with Gasteiger partial charge in [0, 0.05) is 29.9 Å². The van der Waals surface area contributed by atoms with E-state index in [1.165, 1.54) is 12.3 Å². The Labute approximate surface area is 238 Å². The molecule has 1 aromatic carbocycles. The Morgan fingerprint density at radius 3 is 2.48 bits per heavy atom. The summed E-state index contributed by atoms with van der Waals surface area (Å²) in [6.07, 6.45) is 7.47. The predicted octanol–water partition coefficient (Wildman–Crippen LogP) is 5.70. The van der Waals surface area contributed by atoms with Crippen LogP contribution in [0.15, 0.2) is 83.5 Å². The highest BCUT2D eigenvalue weighted by Crippen LogP contribution is 2.27. The molecule has 40 heavy (non-hydrogen) atoms. The van der Waals surface area contributed by atoms with Crippen LogP contribution in [0.4, 0.5) is 5.82 Å². The van der Waals surface area contributed by atoms with Gasteiger partial charge in [0.1, 0.15) is 16.9 Å². The zero-order valence-electron chi connectivity index (χ0n) is 22.2. The number of benzene rings is 1. The number of aliphatic carboxylic acids is 1. The number of anilines is 1. The quantitative estimate of drug-likeness (QED) is 0.152. The zero-order valence-corrected chi connectivity index (χ0v) is 23.9. The molecule has 9 nitrogen and oxygen atoms in total. The molecule has 0 amide bonds. The number of hydrogen-bond acceptors (Lipinski definition) is 9. The van der Waals surface area contributed by atoms with Gasteiger partial charge < -0.3 is 10.4 Å². The summed E-state index contributed by atoms with van der Waals surface area (Å²) in [6, 6.07) is 16.6. The molecule has 3 N–H and O–H groups in total. The highest BCUT2D eigenvalue weighted by molar-refractivity contribution is 7.91. The molecule has 0 saturated carbocycles. The van der Waals surface area contributed by atoms with Gasteiger partial charge >= 0.3 is 5.97 Å². The molecular weight excluding hydrogens is 546 g/mol. The van der Waals surface area contributed by atoms with Gasteiger partial charge in [0.2, 0.25) is 9.84 Å². The normalized spacial score (nSPS) is 13.0. The Morgan fingerprint density at radius 2 is 1.80 bits per heavy atom. The molecule has 0 saturated heterocycles. The molecule has 0 spiro atoms. The number of nitrogens with one attached hydrogen (secondary N) is 2. The highest BCUT2D eigenvalue weighted by Gasteiger charge is 2.31. The fourth-order valence-corrected chi connectivity index (χ4v) is 6.35. The number of carbonyl (C=O) groups is 1. The first-order chi connectivity index (χ1) is 19.4. The number of carboxylic acid groups (broad SMARTS) is 1. The van der Waals surface area contributed by atoms with Crippen molar-refractivity contribution in [1.82, 2.24) is 20.3 Å². The molecule has 11 heteroatoms. The number of aromatic nitrogens is 3. The molecular formula is C29H33N5O4S2. The lowest BCUT2D eigenvalue weighted by Gasteiger charge is -2.20. The van der Waals surface area contributed by atoms with E-state index in [9.17, 15) is 18.3 Å². The first kappa shape index (κ1) is 29.3. The third kappa shape index (κ3) is 7.71. The van der Waals surface area contributed by atoms with Crippen LogP contribution < -0.4 is 10.6 Å². The molecule has 4 aromatic rings. The number of hydrogen-bond donors (Lipinski definition) is 3. The van der Waals surface area contributed by atoms with Gasteiger partial charge in [0.05, 0.1) is 5.69 Å². The van der Waals surface area contributed by atoms with E-state index >= 15 is 0 Å². The Bertz CT molecular complexity index is 1460. The molecule has 2 unspecified atom stereocenters. The van der Waals surface area contributed by atoms with E-state index in [4.69, 9.17) is 0 Å². The van der Waals surface area contributed by atoms with E-state index in [1.54, 1.807) is 47.9 Å². The predicted molar refractivity (Wildman–Crippen MR) is 157 cm³/mol. The molecule has 0 fully saturated rings. The molecule has 2 atom stereocenters. The number of unbranched alkanes of at least 4 members (excludes halogenated alkanes) is 3. The lowest BCUT2D eigenvalue weighted by Crippen LogP contribution is -2.31. The summed E-state index contributed by atoms with van der Waals surface area (Å²) >= 11 is 1.55. The van der Waals surface area contributed by atoms with Crippen molar-refractivity contribution in [3.05, 3.63) is 89.7 Å². The van der Waals surface area contributed by atoms with Crippen molar-refractivity contribution in [2.45, 2.75) is 62.0 Å². The molecule has 210 valence electrons. The van der Waals surface area contributed by atoms with E-state index in [0.717, 1.165) is 41.8 Å². The summed E-state index contributed by atoms with van der Waals surface area (Å²) in [7, 11) is -3.99. The maximum absolute atomic E-state index is 13.7. The number of carboxylic acids is 1. The number of pyridine rings is 2. The topological polar surface area (TPSA) is 134 Å². The van der Waals surface area contributed by atoms with Crippen LogP contribution >= 0.6 is 11.3 Å². The van der Waals surface area contributed by atoms with E-state index in [1.807, 2.05) is 29.6 Å². The van der Waals surface area contributed by atoms with Crippen molar-refractivity contribution in [2.24, 2.45) is 0 Å². The van der Waals surface area contributed by atoms with E-state index in [2.05, 4.69) is 32.5 Å². The smallest absolute Gasteiger partial charge is 0.326 e. The van der Waals surface area contributed by atoms with Crippen molar-refractivity contribution in [3.8, 4) is 10.6 Å². The van der Waals surface area contributed by atoms with Gasteiger partial charge in [-0.3, -0.25) is 5.32 Å². The third-order valence-corrected chi connectivity index (χ3v) is 9.05. The summed E-state index contributed by atoms with van der Waals surface area (Å²) in [6.45, 7) is 2.35. The minimum Gasteiger partial charge on any atom is -0.480 e. The van der Waals surface area contributed by atoms with Crippen LogP contribution in [0, 0.1) is 0 Å². The Kier molecular flexibility index (Phi) is 10.3. The molecule has 4 rings (SSSR count). The van der Waals surface area contributed by atoms with Crippen molar-refractivity contribution in [3.63, 3.8) is 0 Å². The second-order valence-electron chi connectivity index (χ2n) is 9.34. The van der Waals surface area contributed by atoms with Gasteiger partial charge in [-0.15, -0.1) is 11.3 Å². The Balaban J connectivity index is 1.57. The maximum atomic E-state index is 13.7. The monoisotopic (exact) mass is 579 g/mol. The van der Waals surface area contributed by atoms with Crippen LogP contribution in [0.1, 0.15) is 55.7 Å². The second kappa shape index (κ2) is 14.1. The standard InChI is InChI=1S/C29H33N5O4S2/c1-2-3-4-5-9-24(29(35)36)34-25-11-8-10-23(33-25)28(40(37,38)26-12-6-7-17-30-26)32-20-21-13-15-22(16-14-21)27-31-18-19-39-27/h6-8,10-19,24,28,32H,2-5,9,20H2,1H3,(H,33,34)(H,35,36). The molecule has 0 aliphatic carbocycles.